The number of nitrogens with one attached hydrogen (secondary N) is 1. The number of rotatable bonds is 6. The van der Waals surface area contributed by atoms with Crippen molar-refractivity contribution in [2.75, 3.05) is 7.05 Å². The first-order chi connectivity index (χ1) is 10.1. The number of hydrogen-bond donors (Lipinski definition) is 1. The normalized spacial score (nSPS) is 12.2. The molecule has 2 nitrogen and oxygen atoms in total. The van der Waals surface area contributed by atoms with Crippen LogP contribution in [0.1, 0.15) is 36.6 Å². The van der Waals surface area contributed by atoms with Crippen LogP contribution in [0.2, 0.25) is 0 Å². The van der Waals surface area contributed by atoms with E-state index in [4.69, 9.17) is 4.74 Å². The third kappa shape index (κ3) is 4.05. The molecule has 0 heterocycles. The van der Waals surface area contributed by atoms with Crippen molar-refractivity contribution >= 4 is 0 Å². The highest BCUT2D eigenvalue weighted by molar-refractivity contribution is 5.31. The first-order valence-corrected chi connectivity index (χ1v) is 7.31. The molecule has 0 fully saturated rings. The highest BCUT2D eigenvalue weighted by atomic mass is 19.1. The van der Waals surface area contributed by atoms with Gasteiger partial charge in [0, 0.05) is 6.04 Å². The molecule has 0 radical (unpaired) electrons. The molecule has 112 valence electrons. The van der Waals surface area contributed by atoms with Crippen LogP contribution in [-0.4, -0.2) is 7.05 Å². The van der Waals surface area contributed by atoms with Gasteiger partial charge in [-0.25, -0.2) is 4.39 Å². The Balaban J connectivity index is 2.02. The predicted molar refractivity (Wildman–Crippen MR) is 84.0 cm³/mol. The molecule has 2 rings (SSSR count). The molecule has 0 spiro atoms. The van der Waals surface area contributed by atoms with Gasteiger partial charge in [0.15, 0.2) is 11.6 Å². The maximum atomic E-state index is 14.0. The predicted octanol–water partition coefficient (Wildman–Crippen LogP) is 4.25. The minimum absolute atomic E-state index is 0.120. The molecule has 21 heavy (non-hydrogen) atoms. The Hall–Kier alpha value is -1.87. The van der Waals surface area contributed by atoms with Crippen LogP contribution in [0.15, 0.2) is 42.5 Å². The van der Waals surface area contributed by atoms with E-state index in [1.807, 2.05) is 32.2 Å². The van der Waals surface area contributed by atoms with E-state index in [-0.39, 0.29) is 11.9 Å². The molecule has 2 aromatic carbocycles. The van der Waals surface area contributed by atoms with Gasteiger partial charge in [0.2, 0.25) is 0 Å². The van der Waals surface area contributed by atoms with Crippen LogP contribution in [0.4, 0.5) is 4.39 Å². The summed E-state index contributed by atoms with van der Waals surface area (Å²) in [6, 6.07) is 13.4. The van der Waals surface area contributed by atoms with Crippen LogP contribution in [-0.2, 0) is 13.0 Å². The van der Waals surface area contributed by atoms with E-state index in [0.29, 0.717) is 12.4 Å². The summed E-state index contributed by atoms with van der Waals surface area (Å²) in [7, 11) is 1.85. The average molecular weight is 287 g/mol. The Kier molecular flexibility index (Phi) is 5.34. The largest absolute Gasteiger partial charge is 0.486 e. The quantitative estimate of drug-likeness (QED) is 0.857. The summed E-state index contributed by atoms with van der Waals surface area (Å²) in [5, 5.41) is 3.09. The average Bonchev–Trinajstić information content (AvgIpc) is 2.53. The van der Waals surface area contributed by atoms with Gasteiger partial charge < -0.3 is 10.1 Å². The summed E-state index contributed by atoms with van der Waals surface area (Å²) in [5.41, 5.74) is 3.24. The van der Waals surface area contributed by atoms with Gasteiger partial charge in [-0.05, 0) is 49.2 Å². The Morgan fingerprint density at radius 1 is 1.10 bits per heavy atom. The maximum absolute atomic E-state index is 14.0. The van der Waals surface area contributed by atoms with Crippen LogP contribution in [0, 0.1) is 5.82 Å². The van der Waals surface area contributed by atoms with Gasteiger partial charge in [-0.15, -0.1) is 0 Å². The van der Waals surface area contributed by atoms with Crippen molar-refractivity contribution in [1.29, 1.82) is 0 Å². The fourth-order valence-electron chi connectivity index (χ4n) is 2.10. The second-order valence-corrected chi connectivity index (χ2v) is 5.16. The highest BCUT2D eigenvalue weighted by Crippen LogP contribution is 2.22. The number of hydrogen-bond acceptors (Lipinski definition) is 2. The van der Waals surface area contributed by atoms with Crippen molar-refractivity contribution in [2.45, 2.75) is 32.9 Å². The molecule has 0 bridgehead atoms. The van der Waals surface area contributed by atoms with Crippen molar-refractivity contribution in [2.24, 2.45) is 0 Å². The fourth-order valence-corrected chi connectivity index (χ4v) is 2.10. The van der Waals surface area contributed by atoms with Crippen LogP contribution in [0.5, 0.6) is 5.75 Å². The topological polar surface area (TPSA) is 21.3 Å². The van der Waals surface area contributed by atoms with Crippen molar-refractivity contribution in [3.05, 3.63) is 65.0 Å². The lowest BCUT2D eigenvalue weighted by atomic mass is 10.1. The molecule has 2 aromatic rings. The lowest BCUT2D eigenvalue weighted by molar-refractivity contribution is 0.290. The van der Waals surface area contributed by atoms with E-state index >= 15 is 0 Å². The van der Waals surface area contributed by atoms with Gasteiger partial charge in [0.05, 0.1) is 0 Å². The van der Waals surface area contributed by atoms with Crippen LogP contribution < -0.4 is 10.1 Å². The van der Waals surface area contributed by atoms with Gasteiger partial charge in [-0.1, -0.05) is 37.3 Å². The molecule has 0 aliphatic rings. The van der Waals surface area contributed by atoms with Crippen molar-refractivity contribution in [3.8, 4) is 5.75 Å². The minimum Gasteiger partial charge on any atom is -0.486 e. The second-order valence-electron chi connectivity index (χ2n) is 5.16. The summed E-state index contributed by atoms with van der Waals surface area (Å²) in [5.74, 6) is -0.0265. The van der Waals surface area contributed by atoms with E-state index in [1.165, 1.54) is 11.6 Å². The number of benzene rings is 2. The Bertz CT molecular complexity index is 580. The monoisotopic (exact) mass is 287 g/mol. The zero-order valence-electron chi connectivity index (χ0n) is 12.8. The summed E-state index contributed by atoms with van der Waals surface area (Å²) >= 11 is 0. The molecule has 0 saturated heterocycles. The third-order valence-corrected chi connectivity index (χ3v) is 3.71. The summed E-state index contributed by atoms with van der Waals surface area (Å²) in [6.07, 6.45) is 1.01. The van der Waals surface area contributed by atoms with E-state index in [9.17, 15) is 4.39 Å². The van der Waals surface area contributed by atoms with E-state index in [2.05, 4.69) is 24.4 Å². The molecule has 1 atom stereocenters. The van der Waals surface area contributed by atoms with Gasteiger partial charge in [0.1, 0.15) is 6.61 Å². The molecule has 0 saturated carbocycles. The summed E-state index contributed by atoms with van der Waals surface area (Å²) in [6.45, 7) is 4.49. The molecular weight excluding hydrogens is 265 g/mol. The molecule has 1 N–H and O–H groups in total. The Labute approximate surface area is 126 Å². The lowest BCUT2D eigenvalue weighted by Gasteiger charge is -2.13. The number of halogens is 1. The van der Waals surface area contributed by atoms with Crippen molar-refractivity contribution in [1.82, 2.24) is 5.32 Å². The first-order valence-electron chi connectivity index (χ1n) is 7.31. The molecule has 1 unspecified atom stereocenters. The zero-order chi connectivity index (χ0) is 15.2. The number of ether oxygens (including phenoxy) is 1. The van der Waals surface area contributed by atoms with Crippen LogP contribution in [0.3, 0.4) is 0 Å². The Morgan fingerprint density at radius 3 is 2.33 bits per heavy atom. The standard InChI is InChI=1S/C18H22FNO/c1-4-14-5-7-15(8-6-14)12-21-18-10-9-16(11-17(18)19)13(2)20-3/h5-11,13,20H,4,12H2,1-3H3. The van der Waals surface area contributed by atoms with Gasteiger partial charge in [-0.3, -0.25) is 0 Å². The minimum atomic E-state index is -0.320. The van der Waals surface area contributed by atoms with Gasteiger partial charge in [0.25, 0.3) is 0 Å². The SMILES string of the molecule is CCc1ccc(COc2ccc(C(C)NC)cc2F)cc1. The van der Waals surface area contributed by atoms with Crippen LogP contribution in [0.25, 0.3) is 0 Å². The maximum Gasteiger partial charge on any atom is 0.165 e. The third-order valence-electron chi connectivity index (χ3n) is 3.71. The Morgan fingerprint density at radius 2 is 1.76 bits per heavy atom. The molecule has 0 aliphatic carbocycles. The zero-order valence-corrected chi connectivity index (χ0v) is 12.8. The lowest BCUT2D eigenvalue weighted by Crippen LogP contribution is -2.12. The smallest absolute Gasteiger partial charge is 0.165 e. The number of aryl methyl sites for hydroxylation is 1. The fraction of sp³-hybridized carbons (Fsp3) is 0.333. The molecule has 0 aliphatic heterocycles. The molecule has 0 aromatic heterocycles. The van der Waals surface area contributed by atoms with E-state index in [1.54, 1.807) is 6.07 Å². The van der Waals surface area contributed by atoms with Crippen LogP contribution >= 0.6 is 0 Å². The van der Waals surface area contributed by atoms with Crippen molar-refractivity contribution in [3.63, 3.8) is 0 Å². The van der Waals surface area contributed by atoms with Gasteiger partial charge >= 0.3 is 0 Å². The second kappa shape index (κ2) is 7.23. The summed E-state index contributed by atoms with van der Waals surface area (Å²) < 4.78 is 19.6. The first kappa shape index (κ1) is 15.5. The van der Waals surface area contributed by atoms with E-state index < -0.39 is 0 Å². The highest BCUT2D eigenvalue weighted by Gasteiger charge is 2.08. The van der Waals surface area contributed by atoms with Gasteiger partial charge in [-0.2, -0.15) is 0 Å². The molecule has 0 amide bonds. The van der Waals surface area contributed by atoms with E-state index in [0.717, 1.165) is 17.5 Å². The van der Waals surface area contributed by atoms with Crippen molar-refractivity contribution < 1.29 is 9.13 Å². The summed E-state index contributed by atoms with van der Waals surface area (Å²) in [4.78, 5) is 0. The molecular formula is C18H22FNO. The molecule has 3 heteroatoms.